The van der Waals surface area contributed by atoms with Gasteiger partial charge in [0.05, 0.1) is 34.0 Å². The van der Waals surface area contributed by atoms with Gasteiger partial charge in [-0.25, -0.2) is 9.97 Å². The van der Waals surface area contributed by atoms with Gasteiger partial charge in [0.2, 0.25) is 0 Å². The average Bonchev–Trinajstić information content (AvgIpc) is 3.04. The molecular weight excluding hydrogens is 330 g/mol. The van der Waals surface area contributed by atoms with E-state index in [1.807, 2.05) is 38.1 Å². The van der Waals surface area contributed by atoms with Gasteiger partial charge in [0.15, 0.2) is 0 Å². The largest absolute Gasteiger partial charge is 0.463 e. The molecule has 1 fully saturated rings. The van der Waals surface area contributed by atoms with Crippen molar-refractivity contribution < 1.29 is 9.53 Å². The lowest BCUT2D eigenvalue weighted by Crippen LogP contribution is -2.56. The molecule has 0 spiro atoms. The van der Waals surface area contributed by atoms with Crippen LogP contribution in [0.5, 0.6) is 5.19 Å². The second kappa shape index (κ2) is 5.58. The zero-order valence-electron chi connectivity index (χ0n) is 12.8. The smallest absolute Gasteiger partial charge is 0.274 e. The molecule has 0 saturated carbocycles. The van der Waals surface area contributed by atoms with Gasteiger partial charge in [-0.3, -0.25) is 4.79 Å². The Bertz CT molecular complexity index is 847. The third-order valence-corrected chi connectivity index (χ3v) is 5.76. The van der Waals surface area contributed by atoms with Crippen LogP contribution in [-0.2, 0) is 0 Å². The molecule has 2 aromatic heterocycles. The van der Waals surface area contributed by atoms with Crippen LogP contribution in [-0.4, -0.2) is 40.0 Å². The number of hydrogen-bond acceptors (Lipinski definition) is 6. The quantitative estimate of drug-likeness (QED) is 0.731. The van der Waals surface area contributed by atoms with E-state index in [-0.39, 0.29) is 12.0 Å². The first kappa shape index (κ1) is 14.6. The lowest BCUT2D eigenvalue weighted by atomic mass is 10.1. The maximum Gasteiger partial charge on any atom is 0.274 e. The van der Waals surface area contributed by atoms with Crippen molar-refractivity contribution in [2.75, 3.05) is 13.1 Å². The van der Waals surface area contributed by atoms with Crippen LogP contribution in [0.4, 0.5) is 0 Å². The van der Waals surface area contributed by atoms with Gasteiger partial charge in [-0.05, 0) is 26.0 Å². The van der Waals surface area contributed by atoms with E-state index in [1.165, 1.54) is 11.3 Å². The Balaban J connectivity index is 1.39. The molecule has 0 radical (unpaired) electrons. The van der Waals surface area contributed by atoms with Crippen LogP contribution in [0.25, 0.3) is 10.2 Å². The monoisotopic (exact) mass is 345 g/mol. The minimum Gasteiger partial charge on any atom is -0.463 e. The van der Waals surface area contributed by atoms with E-state index in [1.54, 1.807) is 16.2 Å². The Labute approximate surface area is 141 Å². The summed E-state index contributed by atoms with van der Waals surface area (Å²) in [6.07, 6.45) is 0.0221. The number of carbonyl (C=O) groups is 1. The van der Waals surface area contributed by atoms with Crippen molar-refractivity contribution in [3.8, 4) is 5.19 Å². The summed E-state index contributed by atoms with van der Waals surface area (Å²) >= 11 is 3.00. The summed E-state index contributed by atoms with van der Waals surface area (Å²) in [6.45, 7) is 5.01. The Morgan fingerprint density at radius 3 is 2.70 bits per heavy atom. The number of amides is 1. The van der Waals surface area contributed by atoms with Gasteiger partial charge >= 0.3 is 0 Å². The fourth-order valence-corrected chi connectivity index (χ4v) is 4.36. The van der Waals surface area contributed by atoms with Crippen LogP contribution < -0.4 is 4.74 Å². The number of benzene rings is 1. The highest BCUT2D eigenvalue weighted by molar-refractivity contribution is 7.20. The lowest BCUT2D eigenvalue weighted by molar-refractivity contribution is 0.0181. The molecule has 3 heterocycles. The molecule has 1 saturated heterocycles. The highest BCUT2D eigenvalue weighted by Crippen LogP contribution is 2.30. The summed E-state index contributed by atoms with van der Waals surface area (Å²) in [6, 6.07) is 7.97. The predicted molar refractivity (Wildman–Crippen MR) is 91.5 cm³/mol. The van der Waals surface area contributed by atoms with Gasteiger partial charge in [0, 0.05) is 0 Å². The highest BCUT2D eigenvalue weighted by atomic mass is 32.1. The molecule has 0 unspecified atom stereocenters. The molecule has 7 heteroatoms. The number of thiazole rings is 2. The zero-order chi connectivity index (χ0) is 16.0. The van der Waals surface area contributed by atoms with Gasteiger partial charge in [0.25, 0.3) is 11.1 Å². The summed E-state index contributed by atoms with van der Waals surface area (Å²) < 4.78 is 7.00. The molecule has 0 bridgehead atoms. The number of hydrogen-bond donors (Lipinski definition) is 0. The first-order valence-electron chi connectivity index (χ1n) is 7.35. The van der Waals surface area contributed by atoms with Crippen molar-refractivity contribution in [2.45, 2.75) is 20.0 Å². The van der Waals surface area contributed by atoms with E-state index < -0.39 is 0 Å². The van der Waals surface area contributed by atoms with E-state index in [0.717, 1.165) is 25.8 Å². The van der Waals surface area contributed by atoms with Crippen molar-refractivity contribution in [1.82, 2.24) is 14.9 Å². The highest BCUT2D eigenvalue weighted by Gasteiger charge is 2.34. The fourth-order valence-electron chi connectivity index (χ4n) is 2.60. The van der Waals surface area contributed by atoms with Crippen molar-refractivity contribution in [2.24, 2.45) is 0 Å². The molecule has 1 aliphatic rings. The van der Waals surface area contributed by atoms with E-state index in [2.05, 4.69) is 9.97 Å². The van der Waals surface area contributed by atoms with E-state index in [0.29, 0.717) is 18.3 Å². The van der Waals surface area contributed by atoms with Gasteiger partial charge in [0.1, 0.15) is 11.0 Å². The Kier molecular flexibility index (Phi) is 3.54. The summed E-state index contributed by atoms with van der Waals surface area (Å²) in [5, 5.41) is 1.60. The van der Waals surface area contributed by atoms with E-state index in [4.69, 9.17) is 4.74 Å². The van der Waals surface area contributed by atoms with Gasteiger partial charge < -0.3 is 9.64 Å². The maximum absolute atomic E-state index is 12.4. The predicted octanol–water partition coefficient (Wildman–Crippen LogP) is 3.27. The normalized spacial score (nSPS) is 15.0. The number of ether oxygens (including phenoxy) is 1. The Morgan fingerprint density at radius 2 is 2.00 bits per heavy atom. The number of aryl methyl sites for hydroxylation is 2. The molecule has 1 amide bonds. The SMILES string of the molecule is Cc1nc(C)c(C(=O)N2CC(Oc3nc4ccccc4s3)C2)s1. The fraction of sp³-hybridized carbons (Fsp3) is 0.312. The van der Waals surface area contributed by atoms with Crippen LogP contribution >= 0.6 is 22.7 Å². The van der Waals surface area contributed by atoms with Crippen LogP contribution in [0.15, 0.2) is 24.3 Å². The molecule has 0 aliphatic carbocycles. The number of para-hydroxylation sites is 1. The van der Waals surface area contributed by atoms with Crippen LogP contribution in [0.1, 0.15) is 20.4 Å². The second-order valence-corrected chi connectivity index (χ2v) is 7.74. The number of aromatic nitrogens is 2. The zero-order valence-corrected chi connectivity index (χ0v) is 14.4. The summed E-state index contributed by atoms with van der Waals surface area (Å²) in [5.41, 5.74) is 1.77. The third kappa shape index (κ3) is 2.70. The second-order valence-electron chi connectivity index (χ2n) is 5.54. The number of fused-ring (bicyclic) bond motifs is 1. The standard InChI is InChI=1S/C16H15N3O2S2/c1-9-14(22-10(2)17-9)15(20)19-7-11(8-19)21-16-18-12-5-3-4-6-13(12)23-16/h3-6,11H,7-8H2,1-2H3. The molecule has 0 N–H and O–H groups in total. The summed E-state index contributed by atoms with van der Waals surface area (Å²) in [7, 11) is 0. The van der Waals surface area contributed by atoms with Crippen molar-refractivity contribution in [3.05, 3.63) is 39.8 Å². The number of carbonyl (C=O) groups excluding carboxylic acids is 1. The van der Waals surface area contributed by atoms with E-state index in [9.17, 15) is 4.79 Å². The first-order chi connectivity index (χ1) is 11.1. The number of rotatable bonds is 3. The van der Waals surface area contributed by atoms with Crippen molar-refractivity contribution >= 4 is 38.8 Å². The molecule has 3 aromatic rings. The third-order valence-electron chi connectivity index (χ3n) is 3.77. The van der Waals surface area contributed by atoms with Gasteiger partial charge in [-0.1, -0.05) is 23.5 Å². The number of likely N-dealkylation sites (tertiary alicyclic amines) is 1. The molecule has 0 atom stereocenters. The number of nitrogens with zero attached hydrogens (tertiary/aromatic N) is 3. The first-order valence-corrected chi connectivity index (χ1v) is 8.99. The molecule has 1 aliphatic heterocycles. The van der Waals surface area contributed by atoms with E-state index >= 15 is 0 Å². The summed E-state index contributed by atoms with van der Waals surface area (Å²) in [4.78, 5) is 23.7. The maximum atomic E-state index is 12.4. The molecule has 1 aromatic carbocycles. The van der Waals surface area contributed by atoms with Crippen LogP contribution in [0.3, 0.4) is 0 Å². The van der Waals surface area contributed by atoms with Gasteiger partial charge in [-0.15, -0.1) is 11.3 Å². The topological polar surface area (TPSA) is 55.3 Å². The molecule has 23 heavy (non-hydrogen) atoms. The molecule has 4 rings (SSSR count). The van der Waals surface area contributed by atoms with Crippen LogP contribution in [0.2, 0.25) is 0 Å². The minimum atomic E-state index is 0.0221. The van der Waals surface area contributed by atoms with Gasteiger partial charge in [-0.2, -0.15) is 0 Å². The molecule has 118 valence electrons. The Morgan fingerprint density at radius 1 is 1.22 bits per heavy atom. The van der Waals surface area contributed by atoms with Crippen molar-refractivity contribution in [1.29, 1.82) is 0 Å². The van der Waals surface area contributed by atoms with Crippen LogP contribution in [0, 0.1) is 13.8 Å². The molecule has 5 nitrogen and oxygen atoms in total. The minimum absolute atomic E-state index is 0.0221. The average molecular weight is 345 g/mol. The lowest BCUT2D eigenvalue weighted by Gasteiger charge is -2.38. The van der Waals surface area contributed by atoms with Crippen molar-refractivity contribution in [3.63, 3.8) is 0 Å². The summed E-state index contributed by atoms with van der Waals surface area (Å²) in [5.74, 6) is 0.0530. The molecular formula is C16H15N3O2S2. The Hall–Kier alpha value is -1.99.